The van der Waals surface area contributed by atoms with Gasteiger partial charge in [-0.15, -0.1) is 0 Å². The standard InChI is InChI=1S/C44H90N2O2S/c1-7-11-15-19-22-23-25-28-32-39-49-46(38-33-37-45(5)6)43(36-31-27-24-20-16-12-8-2)40-44(47)48-41-42(34-29-18-14-10-4)35-30-26-21-17-13-9-3/h42-43H,7-41H2,1-6H3. The average molecular weight is 711 g/mol. The number of unbranched alkanes of at least 4 members (excludes halogenated alkanes) is 22. The van der Waals surface area contributed by atoms with Crippen molar-refractivity contribution in [2.45, 2.75) is 233 Å². The van der Waals surface area contributed by atoms with Crippen molar-refractivity contribution in [3.8, 4) is 0 Å². The SMILES string of the molecule is CCCCCCCCCCCSN(CCCN(C)C)C(CCCCCCCCC)CC(=O)OCC(CCCCCC)CCCCCCCC. The van der Waals surface area contributed by atoms with Crippen LogP contribution in [0.15, 0.2) is 0 Å². The lowest BCUT2D eigenvalue weighted by Crippen LogP contribution is -2.35. The molecule has 0 aromatic rings. The molecule has 0 aliphatic heterocycles. The Hall–Kier alpha value is -0.260. The first kappa shape index (κ1) is 48.7. The first-order chi connectivity index (χ1) is 24.0. The van der Waals surface area contributed by atoms with E-state index < -0.39 is 0 Å². The van der Waals surface area contributed by atoms with Crippen LogP contribution in [0, 0.1) is 5.92 Å². The molecule has 49 heavy (non-hydrogen) atoms. The van der Waals surface area contributed by atoms with Gasteiger partial charge in [0, 0.05) is 18.3 Å². The molecule has 0 aliphatic carbocycles. The van der Waals surface area contributed by atoms with Crippen LogP contribution in [0.2, 0.25) is 0 Å². The fraction of sp³-hybridized carbons (Fsp3) is 0.977. The van der Waals surface area contributed by atoms with Crippen LogP contribution in [-0.2, 0) is 9.53 Å². The zero-order valence-electron chi connectivity index (χ0n) is 34.5. The molecule has 0 radical (unpaired) electrons. The molecule has 294 valence electrons. The predicted molar refractivity (Wildman–Crippen MR) is 222 cm³/mol. The third kappa shape index (κ3) is 34.6. The topological polar surface area (TPSA) is 32.8 Å². The number of hydrogen-bond donors (Lipinski definition) is 0. The molecule has 0 N–H and O–H groups in total. The summed E-state index contributed by atoms with van der Waals surface area (Å²) in [6, 6.07) is 0.287. The van der Waals surface area contributed by atoms with Crippen molar-refractivity contribution in [2.24, 2.45) is 5.92 Å². The second kappa shape index (κ2) is 39.0. The lowest BCUT2D eigenvalue weighted by molar-refractivity contribution is -0.146. The van der Waals surface area contributed by atoms with E-state index in [1.54, 1.807) is 0 Å². The van der Waals surface area contributed by atoms with Crippen LogP contribution in [0.1, 0.15) is 227 Å². The van der Waals surface area contributed by atoms with Gasteiger partial charge in [-0.05, 0) is 58.7 Å². The Labute approximate surface area is 313 Å². The molecule has 4 nitrogen and oxygen atoms in total. The van der Waals surface area contributed by atoms with Gasteiger partial charge in [-0.2, -0.15) is 0 Å². The Bertz CT molecular complexity index is 661. The van der Waals surface area contributed by atoms with Crippen LogP contribution in [0.4, 0.5) is 0 Å². The number of carbonyl (C=O) groups is 1. The smallest absolute Gasteiger partial charge is 0.307 e. The van der Waals surface area contributed by atoms with E-state index in [-0.39, 0.29) is 12.0 Å². The number of carbonyl (C=O) groups excluding carboxylic acids is 1. The van der Waals surface area contributed by atoms with Crippen LogP contribution in [-0.4, -0.2) is 60.8 Å². The second-order valence-corrected chi connectivity index (χ2v) is 16.8. The molecule has 0 bridgehead atoms. The van der Waals surface area contributed by atoms with E-state index in [1.807, 2.05) is 11.9 Å². The van der Waals surface area contributed by atoms with Crippen LogP contribution in [0.3, 0.4) is 0 Å². The Balaban J connectivity index is 5.21. The average Bonchev–Trinajstić information content (AvgIpc) is 3.09. The van der Waals surface area contributed by atoms with E-state index >= 15 is 0 Å². The molecule has 0 heterocycles. The maximum Gasteiger partial charge on any atom is 0.307 e. The molecule has 0 saturated carbocycles. The zero-order valence-corrected chi connectivity index (χ0v) is 35.3. The maximum absolute atomic E-state index is 13.6. The first-order valence-corrected chi connectivity index (χ1v) is 23.1. The van der Waals surface area contributed by atoms with Crippen molar-refractivity contribution >= 4 is 17.9 Å². The molecule has 0 saturated heterocycles. The van der Waals surface area contributed by atoms with Gasteiger partial charge in [0.25, 0.3) is 0 Å². The summed E-state index contributed by atoms with van der Waals surface area (Å²) >= 11 is 2.04. The number of esters is 1. The number of rotatable bonds is 40. The van der Waals surface area contributed by atoms with Crippen LogP contribution >= 0.6 is 11.9 Å². The minimum absolute atomic E-state index is 0.0516. The quantitative estimate of drug-likeness (QED) is 0.0359. The van der Waals surface area contributed by atoms with Gasteiger partial charge in [0.2, 0.25) is 0 Å². The summed E-state index contributed by atoms with van der Waals surface area (Å²) < 4.78 is 8.80. The van der Waals surface area contributed by atoms with Gasteiger partial charge in [-0.25, -0.2) is 4.31 Å². The highest BCUT2D eigenvalue weighted by Crippen LogP contribution is 2.26. The third-order valence-electron chi connectivity index (χ3n) is 10.4. The van der Waals surface area contributed by atoms with Crippen molar-refractivity contribution in [1.82, 2.24) is 9.21 Å². The van der Waals surface area contributed by atoms with E-state index in [0.29, 0.717) is 18.9 Å². The molecule has 0 spiro atoms. The van der Waals surface area contributed by atoms with Crippen LogP contribution in [0.25, 0.3) is 0 Å². The van der Waals surface area contributed by atoms with E-state index in [2.05, 4.69) is 51.0 Å². The van der Waals surface area contributed by atoms with Crippen molar-refractivity contribution in [2.75, 3.05) is 39.5 Å². The molecule has 2 atom stereocenters. The molecule has 0 rings (SSSR count). The molecule has 0 aromatic carbocycles. The summed E-state index contributed by atoms with van der Waals surface area (Å²) in [5, 5.41) is 0. The summed E-state index contributed by atoms with van der Waals surface area (Å²) in [7, 11) is 4.36. The van der Waals surface area contributed by atoms with Gasteiger partial charge in [-0.1, -0.05) is 200 Å². The van der Waals surface area contributed by atoms with Gasteiger partial charge in [-0.3, -0.25) is 4.79 Å². The Kier molecular flexibility index (Phi) is 38.8. The van der Waals surface area contributed by atoms with Crippen molar-refractivity contribution in [1.29, 1.82) is 0 Å². The van der Waals surface area contributed by atoms with Gasteiger partial charge in [0.15, 0.2) is 0 Å². The maximum atomic E-state index is 13.6. The van der Waals surface area contributed by atoms with E-state index in [0.717, 1.165) is 25.9 Å². The Morgan fingerprint density at radius 2 is 0.918 bits per heavy atom. The molecule has 0 fully saturated rings. The lowest BCUT2D eigenvalue weighted by atomic mass is 9.95. The molecular weight excluding hydrogens is 621 g/mol. The monoisotopic (exact) mass is 711 g/mol. The Morgan fingerprint density at radius 3 is 1.39 bits per heavy atom. The summed E-state index contributed by atoms with van der Waals surface area (Å²) in [5.74, 6) is 1.76. The van der Waals surface area contributed by atoms with Crippen molar-refractivity contribution < 1.29 is 9.53 Å². The Morgan fingerprint density at radius 1 is 0.510 bits per heavy atom. The number of nitrogens with zero attached hydrogens (tertiary/aromatic N) is 2. The predicted octanol–water partition coefficient (Wildman–Crippen LogP) is 14.2. The zero-order chi connectivity index (χ0) is 36.0. The van der Waals surface area contributed by atoms with Crippen LogP contribution in [0.5, 0.6) is 0 Å². The van der Waals surface area contributed by atoms with Gasteiger partial charge in [0.1, 0.15) is 0 Å². The highest BCUT2D eigenvalue weighted by Gasteiger charge is 2.23. The van der Waals surface area contributed by atoms with Gasteiger partial charge < -0.3 is 9.64 Å². The van der Waals surface area contributed by atoms with Crippen molar-refractivity contribution in [3.05, 3.63) is 0 Å². The first-order valence-electron chi connectivity index (χ1n) is 22.2. The van der Waals surface area contributed by atoms with E-state index in [9.17, 15) is 4.79 Å². The number of hydrogen-bond acceptors (Lipinski definition) is 5. The summed E-state index contributed by atoms with van der Waals surface area (Å²) in [6.07, 6.45) is 40.1. The van der Waals surface area contributed by atoms with Crippen LogP contribution < -0.4 is 0 Å². The molecule has 0 amide bonds. The largest absolute Gasteiger partial charge is 0.465 e. The highest BCUT2D eigenvalue weighted by molar-refractivity contribution is 7.97. The highest BCUT2D eigenvalue weighted by atomic mass is 32.2. The second-order valence-electron chi connectivity index (χ2n) is 15.7. The summed E-state index contributed by atoms with van der Waals surface area (Å²) in [6.45, 7) is 12.0. The third-order valence-corrected chi connectivity index (χ3v) is 11.6. The molecule has 2 unspecified atom stereocenters. The molecule has 0 aromatic heterocycles. The molecule has 5 heteroatoms. The minimum Gasteiger partial charge on any atom is -0.465 e. The van der Waals surface area contributed by atoms with Gasteiger partial charge in [0.05, 0.1) is 13.0 Å². The fourth-order valence-electron chi connectivity index (χ4n) is 7.02. The number of ether oxygens (including phenoxy) is 1. The lowest BCUT2D eigenvalue weighted by Gasteiger charge is -2.31. The minimum atomic E-state index is 0.0516. The summed E-state index contributed by atoms with van der Waals surface area (Å²) in [5.41, 5.74) is 0. The van der Waals surface area contributed by atoms with Crippen molar-refractivity contribution in [3.63, 3.8) is 0 Å². The van der Waals surface area contributed by atoms with E-state index in [1.165, 1.54) is 186 Å². The fourth-order valence-corrected chi connectivity index (χ4v) is 8.24. The normalized spacial score (nSPS) is 13.1. The molecular formula is C44H90N2O2S. The van der Waals surface area contributed by atoms with Gasteiger partial charge >= 0.3 is 5.97 Å². The summed E-state index contributed by atoms with van der Waals surface area (Å²) in [4.78, 5) is 15.9. The molecule has 0 aliphatic rings. The van der Waals surface area contributed by atoms with E-state index in [4.69, 9.17) is 4.74 Å².